The van der Waals surface area contributed by atoms with Gasteiger partial charge in [-0.3, -0.25) is 0 Å². The fourth-order valence-corrected chi connectivity index (χ4v) is 1.49. The van der Waals surface area contributed by atoms with E-state index in [2.05, 4.69) is 0 Å². The molecular weight excluding hydrogens is 192 g/mol. The van der Waals surface area contributed by atoms with Gasteiger partial charge in [0.05, 0.1) is 12.2 Å². The Bertz CT molecular complexity index is 380. The molecule has 1 N–H and O–H groups in total. The monoisotopic (exact) mass is 206 g/mol. The molecule has 1 saturated carbocycles. The highest BCUT2D eigenvalue weighted by atomic mass is 16.5. The van der Waals surface area contributed by atoms with Gasteiger partial charge in [-0.2, -0.15) is 0 Å². The van der Waals surface area contributed by atoms with Gasteiger partial charge in [-0.15, -0.1) is 0 Å². The van der Waals surface area contributed by atoms with Crippen LogP contribution in [0.5, 0.6) is 5.75 Å². The molecular formula is C12H14O3. The number of ether oxygens (including phenoxy) is 1. The van der Waals surface area contributed by atoms with Crippen LogP contribution in [0, 0.1) is 12.8 Å². The van der Waals surface area contributed by atoms with Gasteiger partial charge >= 0.3 is 5.97 Å². The third-order valence-electron chi connectivity index (χ3n) is 2.69. The van der Waals surface area contributed by atoms with Crippen molar-refractivity contribution < 1.29 is 14.6 Å². The SMILES string of the molecule is Cc1c(OCC2CC2)cccc1C(=O)O. The average Bonchev–Trinajstić information content (AvgIpc) is 2.99. The Hall–Kier alpha value is -1.51. The molecule has 0 radical (unpaired) electrons. The van der Waals surface area contributed by atoms with Gasteiger partial charge in [0.25, 0.3) is 0 Å². The van der Waals surface area contributed by atoms with Crippen LogP contribution in [0.1, 0.15) is 28.8 Å². The zero-order valence-electron chi connectivity index (χ0n) is 8.69. The maximum absolute atomic E-state index is 10.9. The Morgan fingerprint density at radius 3 is 2.87 bits per heavy atom. The first-order valence-electron chi connectivity index (χ1n) is 5.14. The highest BCUT2D eigenvalue weighted by Crippen LogP contribution is 2.30. The normalized spacial score (nSPS) is 15.0. The predicted molar refractivity (Wildman–Crippen MR) is 56.4 cm³/mol. The van der Waals surface area contributed by atoms with Gasteiger partial charge in [-0.05, 0) is 37.8 Å². The molecule has 3 nitrogen and oxygen atoms in total. The van der Waals surface area contributed by atoms with Gasteiger partial charge < -0.3 is 9.84 Å². The standard InChI is InChI=1S/C12H14O3/c1-8-10(12(13)14)3-2-4-11(8)15-7-9-5-6-9/h2-4,9H,5-7H2,1H3,(H,13,14). The Balaban J connectivity index is 2.14. The maximum atomic E-state index is 10.9. The van der Waals surface area contributed by atoms with E-state index in [9.17, 15) is 4.79 Å². The zero-order chi connectivity index (χ0) is 10.8. The molecule has 15 heavy (non-hydrogen) atoms. The number of rotatable bonds is 4. The van der Waals surface area contributed by atoms with Crippen molar-refractivity contribution >= 4 is 5.97 Å². The second-order valence-electron chi connectivity index (χ2n) is 3.99. The molecule has 1 fully saturated rings. The van der Waals surface area contributed by atoms with Gasteiger partial charge in [-0.25, -0.2) is 4.79 Å². The molecule has 2 rings (SSSR count). The van der Waals surface area contributed by atoms with Crippen LogP contribution >= 0.6 is 0 Å². The van der Waals surface area contributed by atoms with Crippen molar-refractivity contribution in [3.63, 3.8) is 0 Å². The zero-order valence-corrected chi connectivity index (χ0v) is 8.69. The molecule has 0 bridgehead atoms. The Labute approximate surface area is 88.7 Å². The molecule has 0 atom stereocenters. The van der Waals surface area contributed by atoms with E-state index in [4.69, 9.17) is 9.84 Å². The number of aromatic carboxylic acids is 1. The van der Waals surface area contributed by atoms with E-state index in [0.29, 0.717) is 29.4 Å². The number of hydrogen-bond acceptors (Lipinski definition) is 2. The highest BCUT2D eigenvalue weighted by molar-refractivity contribution is 5.90. The molecule has 0 saturated heterocycles. The van der Waals surface area contributed by atoms with Crippen molar-refractivity contribution in [1.82, 2.24) is 0 Å². The van der Waals surface area contributed by atoms with Crippen LogP contribution in [0.15, 0.2) is 18.2 Å². The lowest BCUT2D eigenvalue weighted by Crippen LogP contribution is -2.04. The van der Waals surface area contributed by atoms with E-state index < -0.39 is 5.97 Å². The molecule has 0 spiro atoms. The number of carbonyl (C=O) groups is 1. The number of carboxylic acids is 1. The quantitative estimate of drug-likeness (QED) is 0.823. The van der Waals surface area contributed by atoms with Crippen LogP contribution in [-0.4, -0.2) is 17.7 Å². The van der Waals surface area contributed by atoms with Gasteiger partial charge in [0, 0.05) is 5.56 Å². The first-order chi connectivity index (χ1) is 7.18. The minimum atomic E-state index is -0.899. The van der Waals surface area contributed by atoms with Gasteiger partial charge in [0.1, 0.15) is 5.75 Å². The van der Waals surface area contributed by atoms with E-state index in [1.54, 1.807) is 19.1 Å². The first kappa shape index (κ1) is 10.0. The summed E-state index contributed by atoms with van der Waals surface area (Å²) < 4.78 is 5.59. The molecule has 0 aromatic heterocycles. The van der Waals surface area contributed by atoms with Crippen molar-refractivity contribution in [3.8, 4) is 5.75 Å². The highest BCUT2D eigenvalue weighted by Gasteiger charge is 2.22. The van der Waals surface area contributed by atoms with Crippen molar-refractivity contribution in [1.29, 1.82) is 0 Å². The molecule has 1 aliphatic carbocycles. The number of benzene rings is 1. The van der Waals surface area contributed by atoms with E-state index in [0.717, 1.165) is 0 Å². The molecule has 1 aromatic rings. The van der Waals surface area contributed by atoms with Gasteiger partial charge in [0.2, 0.25) is 0 Å². The molecule has 0 unspecified atom stereocenters. The summed E-state index contributed by atoms with van der Waals surface area (Å²) in [4.78, 5) is 10.9. The molecule has 80 valence electrons. The Morgan fingerprint density at radius 2 is 2.27 bits per heavy atom. The maximum Gasteiger partial charge on any atom is 0.336 e. The summed E-state index contributed by atoms with van der Waals surface area (Å²) in [7, 11) is 0. The summed E-state index contributed by atoms with van der Waals surface area (Å²) in [5.74, 6) is 0.476. The van der Waals surface area contributed by atoms with E-state index in [1.807, 2.05) is 6.07 Å². The van der Waals surface area contributed by atoms with E-state index in [1.165, 1.54) is 12.8 Å². The summed E-state index contributed by atoms with van der Waals surface area (Å²) in [5.41, 5.74) is 1.04. The van der Waals surface area contributed by atoms with Gasteiger partial charge in [-0.1, -0.05) is 6.07 Å². The van der Waals surface area contributed by atoms with Crippen LogP contribution in [0.2, 0.25) is 0 Å². The predicted octanol–water partition coefficient (Wildman–Crippen LogP) is 2.48. The smallest absolute Gasteiger partial charge is 0.336 e. The third-order valence-corrected chi connectivity index (χ3v) is 2.69. The van der Waals surface area contributed by atoms with Crippen LogP contribution in [-0.2, 0) is 0 Å². The molecule has 0 amide bonds. The van der Waals surface area contributed by atoms with Crippen molar-refractivity contribution in [3.05, 3.63) is 29.3 Å². The first-order valence-corrected chi connectivity index (χ1v) is 5.14. The van der Waals surface area contributed by atoms with Crippen LogP contribution in [0.25, 0.3) is 0 Å². The topological polar surface area (TPSA) is 46.5 Å². The number of carboxylic acid groups (broad SMARTS) is 1. The summed E-state index contributed by atoms with van der Waals surface area (Å²) in [6.07, 6.45) is 2.47. The van der Waals surface area contributed by atoms with Crippen LogP contribution in [0.3, 0.4) is 0 Å². The Morgan fingerprint density at radius 1 is 1.53 bits per heavy atom. The molecule has 0 aliphatic heterocycles. The van der Waals surface area contributed by atoms with Crippen LogP contribution < -0.4 is 4.74 Å². The summed E-state index contributed by atoms with van der Waals surface area (Å²) in [5, 5.41) is 8.92. The molecule has 0 heterocycles. The number of hydrogen-bond donors (Lipinski definition) is 1. The lowest BCUT2D eigenvalue weighted by Gasteiger charge is -2.10. The van der Waals surface area contributed by atoms with Crippen LogP contribution in [0.4, 0.5) is 0 Å². The average molecular weight is 206 g/mol. The third kappa shape index (κ3) is 2.29. The van der Waals surface area contributed by atoms with E-state index in [-0.39, 0.29) is 0 Å². The van der Waals surface area contributed by atoms with E-state index >= 15 is 0 Å². The lowest BCUT2D eigenvalue weighted by molar-refractivity contribution is 0.0695. The molecule has 1 aliphatic rings. The van der Waals surface area contributed by atoms with Gasteiger partial charge in [0.15, 0.2) is 0 Å². The summed E-state index contributed by atoms with van der Waals surface area (Å²) >= 11 is 0. The second-order valence-corrected chi connectivity index (χ2v) is 3.99. The minimum Gasteiger partial charge on any atom is -0.493 e. The minimum absolute atomic E-state index is 0.322. The molecule has 3 heteroatoms. The van der Waals surface area contributed by atoms with Crippen molar-refractivity contribution in [2.75, 3.05) is 6.61 Å². The summed E-state index contributed by atoms with van der Waals surface area (Å²) in [6.45, 7) is 2.50. The fourth-order valence-electron chi connectivity index (χ4n) is 1.49. The van der Waals surface area contributed by atoms with Crippen molar-refractivity contribution in [2.45, 2.75) is 19.8 Å². The van der Waals surface area contributed by atoms with Crippen molar-refractivity contribution in [2.24, 2.45) is 5.92 Å². The second kappa shape index (κ2) is 3.93. The molecule has 1 aromatic carbocycles. The lowest BCUT2D eigenvalue weighted by atomic mass is 10.1. The largest absolute Gasteiger partial charge is 0.493 e. The fraction of sp³-hybridized carbons (Fsp3) is 0.417. The Kier molecular flexibility index (Phi) is 2.62. The summed E-state index contributed by atoms with van der Waals surface area (Å²) in [6, 6.07) is 5.14.